The number of carbonyl (C=O) groups is 1. The van der Waals surface area contributed by atoms with E-state index < -0.39 is 0 Å². The highest BCUT2D eigenvalue weighted by atomic mass is 16.2. The third-order valence-electron chi connectivity index (χ3n) is 3.06. The molecule has 1 atom stereocenters. The Kier molecular flexibility index (Phi) is 3.57. The predicted molar refractivity (Wildman–Crippen MR) is 63.4 cm³/mol. The zero-order chi connectivity index (χ0) is 11.4. The van der Waals surface area contributed by atoms with Crippen molar-refractivity contribution in [2.24, 2.45) is 0 Å². The van der Waals surface area contributed by atoms with Crippen LogP contribution in [-0.4, -0.2) is 17.6 Å². The summed E-state index contributed by atoms with van der Waals surface area (Å²) in [5.41, 5.74) is 2.08. The van der Waals surface area contributed by atoms with Crippen LogP contribution in [0.4, 0.5) is 5.69 Å². The number of hydrogen-bond donors (Lipinski definition) is 2. The lowest BCUT2D eigenvalue weighted by Crippen LogP contribution is -2.11. The third kappa shape index (κ3) is 2.25. The molecule has 3 nitrogen and oxygen atoms in total. The van der Waals surface area contributed by atoms with Crippen molar-refractivity contribution in [3.05, 3.63) is 29.8 Å². The number of para-hydroxylation sites is 1. The molecule has 1 heterocycles. The van der Waals surface area contributed by atoms with Gasteiger partial charge >= 0.3 is 0 Å². The molecular formula is C13H17NO2. The van der Waals surface area contributed by atoms with Crippen LogP contribution < -0.4 is 5.32 Å². The second-order valence-electron chi connectivity index (χ2n) is 4.20. The summed E-state index contributed by atoms with van der Waals surface area (Å²) >= 11 is 0. The molecule has 1 aliphatic rings. The van der Waals surface area contributed by atoms with Crippen LogP contribution in [0.25, 0.3) is 0 Å². The average Bonchev–Trinajstić information content (AvgIpc) is 2.61. The number of aliphatic hydroxyl groups excluding tert-OH is 1. The molecule has 1 aromatic carbocycles. The maximum Gasteiger partial charge on any atom is 0.232 e. The van der Waals surface area contributed by atoms with Gasteiger partial charge in [0, 0.05) is 12.3 Å². The Bertz CT molecular complexity index is 376. The normalized spacial score (nSPS) is 18.3. The van der Waals surface area contributed by atoms with Gasteiger partial charge in [-0.1, -0.05) is 31.0 Å². The number of carbonyl (C=O) groups excluding carboxylic acids is 1. The van der Waals surface area contributed by atoms with Gasteiger partial charge in [0.05, 0.1) is 5.92 Å². The molecule has 16 heavy (non-hydrogen) atoms. The van der Waals surface area contributed by atoms with Gasteiger partial charge in [-0.3, -0.25) is 4.79 Å². The monoisotopic (exact) mass is 219 g/mol. The summed E-state index contributed by atoms with van der Waals surface area (Å²) in [6, 6.07) is 7.87. The first kappa shape index (κ1) is 11.1. The number of anilines is 1. The molecule has 86 valence electrons. The highest BCUT2D eigenvalue weighted by Crippen LogP contribution is 2.35. The van der Waals surface area contributed by atoms with E-state index in [2.05, 4.69) is 5.32 Å². The minimum Gasteiger partial charge on any atom is -0.396 e. The highest BCUT2D eigenvalue weighted by molar-refractivity contribution is 6.02. The van der Waals surface area contributed by atoms with E-state index in [0.29, 0.717) is 0 Å². The summed E-state index contributed by atoms with van der Waals surface area (Å²) in [7, 11) is 0. The van der Waals surface area contributed by atoms with Gasteiger partial charge in [0.1, 0.15) is 0 Å². The van der Waals surface area contributed by atoms with Crippen LogP contribution in [0, 0.1) is 0 Å². The first-order valence-electron chi connectivity index (χ1n) is 5.83. The number of unbranched alkanes of at least 4 members (excludes halogenated alkanes) is 2. The molecule has 3 heteroatoms. The molecule has 1 aromatic rings. The number of nitrogens with one attached hydrogen (secondary N) is 1. The van der Waals surface area contributed by atoms with E-state index >= 15 is 0 Å². The minimum atomic E-state index is 0.00916. The second kappa shape index (κ2) is 5.12. The van der Waals surface area contributed by atoms with Crippen LogP contribution >= 0.6 is 0 Å². The Morgan fingerprint density at radius 1 is 1.19 bits per heavy atom. The zero-order valence-electron chi connectivity index (χ0n) is 9.28. The van der Waals surface area contributed by atoms with Crippen molar-refractivity contribution in [1.82, 2.24) is 0 Å². The summed E-state index contributed by atoms with van der Waals surface area (Å²) in [5.74, 6) is 0.125. The van der Waals surface area contributed by atoms with Crippen LogP contribution in [0.5, 0.6) is 0 Å². The van der Waals surface area contributed by atoms with Crippen molar-refractivity contribution in [2.75, 3.05) is 11.9 Å². The molecule has 0 bridgehead atoms. The second-order valence-corrected chi connectivity index (χ2v) is 4.20. The maximum absolute atomic E-state index is 11.7. The molecule has 1 aliphatic heterocycles. The van der Waals surface area contributed by atoms with Crippen LogP contribution in [0.3, 0.4) is 0 Å². The van der Waals surface area contributed by atoms with Crippen molar-refractivity contribution in [3.63, 3.8) is 0 Å². The lowest BCUT2D eigenvalue weighted by atomic mass is 9.94. The fraction of sp³-hybridized carbons (Fsp3) is 0.462. The number of fused-ring (bicyclic) bond motifs is 1. The van der Waals surface area contributed by atoms with E-state index in [1.165, 1.54) is 0 Å². The molecule has 0 fully saturated rings. The Morgan fingerprint density at radius 3 is 2.81 bits per heavy atom. The Morgan fingerprint density at radius 2 is 2.00 bits per heavy atom. The largest absolute Gasteiger partial charge is 0.396 e. The lowest BCUT2D eigenvalue weighted by molar-refractivity contribution is -0.117. The highest BCUT2D eigenvalue weighted by Gasteiger charge is 2.29. The van der Waals surface area contributed by atoms with E-state index in [1.54, 1.807) is 0 Å². The van der Waals surface area contributed by atoms with E-state index in [9.17, 15) is 4.79 Å². The van der Waals surface area contributed by atoms with Crippen LogP contribution in [0.2, 0.25) is 0 Å². The van der Waals surface area contributed by atoms with E-state index in [-0.39, 0.29) is 18.4 Å². The fourth-order valence-corrected chi connectivity index (χ4v) is 2.20. The van der Waals surface area contributed by atoms with Crippen molar-refractivity contribution in [2.45, 2.75) is 31.6 Å². The standard InChI is InChI=1S/C13H17NO2/c15-9-5-1-2-7-11-10-6-3-4-8-12(10)14-13(11)16/h3-4,6,8,11,15H,1-2,5,7,9H2,(H,14,16). The van der Waals surface area contributed by atoms with Crippen molar-refractivity contribution < 1.29 is 9.90 Å². The SMILES string of the molecule is O=C1Nc2ccccc2C1CCCCCO. The molecule has 0 saturated carbocycles. The number of aliphatic hydroxyl groups is 1. The van der Waals surface area contributed by atoms with Crippen molar-refractivity contribution in [1.29, 1.82) is 0 Å². The van der Waals surface area contributed by atoms with E-state index in [1.807, 2.05) is 24.3 Å². The lowest BCUT2D eigenvalue weighted by Gasteiger charge is -2.07. The topological polar surface area (TPSA) is 49.3 Å². The number of benzene rings is 1. The summed E-state index contributed by atoms with van der Waals surface area (Å²) in [5, 5.41) is 11.6. The molecule has 2 N–H and O–H groups in total. The van der Waals surface area contributed by atoms with Gasteiger partial charge in [-0.05, 0) is 24.5 Å². The smallest absolute Gasteiger partial charge is 0.232 e. The van der Waals surface area contributed by atoms with Gasteiger partial charge < -0.3 is 10.4 Å². The fourth-order valence-electron chi connectivity index (χ4n) is 2.20. The summed E-state index contributed by atoms with van der Waals surface area (Å²) in [6.07, 6.45) is 3.69. The van der Waals surface area contributed by atoms with Crippen LogP contribution in [-0.2, 0) is 4.79 Å². The zero-order valence-corrected chi connectivity index (χ0v) is 9.28. The quantitative estimate of drug-likeness (QED) is 0.746. The molecule has 0 spiro atoms. The summed E-state index contributed by atoms with van der Waals surface area (Å²) in [6.45, 7) is 0.244. The van der Waals surface area contributed by atoms with E-state index in [0.717, 1.165) is 36.9 Å². The average molecular weight is 219 g/mol. The number of amides is 1. The summed E-state index contributed by atoms with van der Waals surface area (Å²) in [4.78, 5) is 11.7. The third-order valence-corrected chi connectivity index (χ3v) is 3.06. The molecule has 0 aromatic heterocycles. The molecule has 0 aliphatic carbocycles. The van der Waals surface area contributed by atoms with Gasteiger partial charge in [0.2, 0.25) is 5.91 Å². The van der Waals surface area contributed by atoms with Crippen LogP contribution in [0.1, 0.15) is 37.2 Å². The van der Waals surface area contributed by atoms with E-state index in [4.69, 9.17) is 5.11 Å². The van der Waals surface area contributed by atoms with Crippen LogP contribution in [0.15, 0.2) is 24.3 Å². The first-order chi connectivity index (χ1) is 7.83. The van der Waals surface area contributed by atoms with Crippen molar-refractivity contribution >= 4 is 11.6 Å². The van der Waals surface area contributed by atoms with Gasteiger partial charge in [-0.15, -0.1) is 0 Å². The molecule has 0 saturated heterocycles. The number of rotatable bonds is 5. The Balaban J connectivity index is 1.97. The number of hydrogen-bond acceptors (Lipinski definition) is 2. The summed E-state index contributed by atoms with van der Waals surface area (Å²) < 4.78 is 0. The first-order valence-corrected chi connectivity index (χ1v) is 5.83. The van der Waals surface area contributed by atoms with Gasteiger partial charge in [0.25, 0.3) is 0 Å². The van der Waals surface area contributed by atoms with Gasteiger partial charge in [0.15, 0.2) is 0 Å². The minimum absolute atomic E-state index is 0.00916. The Labute approximate surface area is 95.5 Å². The molecule has 2 rings (SSSR count). The predicted octanol–water partition coefficient (Wildman–Crippen LogP) is 2.28. The molecule has 0 radical (unpaired) electrons. The molecule has 1 amide bonds. The van der Waals surface area contributed by atoms with Gasteiger partial charge in [-0.2, -0.15) is 0 Å². The maximum atomic E-state index is 11.7. The Hall–Kier alpha value is -1.35. The van der Waals surface area contributed by atoms with Crippen molar-refractivity contribution in [3.8, 4) is 0 Å². The molecular weight excluding hydrogens is 202 g/mol. The van der Waals surface area contributed by atoms with Gasteiger partial charge in [-0.25, -0.2) is 0 Å². The molecule has 1 unspecified atom stereocenters.